The third kappa shape index (κ3) is 2.72. The van der Waals surface area contributed by atoms with Gasteiger partial charge in [0.05, 0.1) is 18.5 Å². The van der Waals surface area contributed by atoms with Gasteiger partial charge in [-0.2, -0.15) is 4.98 Å². The first-order valence-electron chi connectivity index (χ1n) is 6.36. The maximum absolute atomic E-state index is 13.1. The lowest BCUT2D eigenvalue weighted by Gasteiger charge is -2.08. The maximum Gasteiger partial charge on any atom is 0.316 e. The third-order valence-electron chi connectivity index (χ3n) is 3.02. The molecule has 0 amide bonds. The molecule has 0 bridgehead atoms. The summed E-state index contributed by atoms with van der Waals surface area (Å²) in [5.74, 6) is -0.278. The molecular weight excluding hydrogens is 269 g/mol. The van der Waals surface area contributed by atoms with Gasteiger partial charge in [-0.05, 0) is 42.5 Å². The largest absolute Gasteiger partial charge is 0.467 e. The highest BCUT2D eigenvalue weighted by Gasteiger charge is 2.10. The molecule has 0 aliphatic carbocycles. The number of hydrogen-bond donors (Lipinski definition) is 0. The highest BCUT2D eigenvalue weighted by Crippen LogP contribution is 2.29. The first-order chi connectivity index (χ1) is 10.3. The zero-order chi connectivity index (χ0) is 14.7. The van der Waals surface area contributed by atoms with Crippen molar-refractivity contribution in [1.82, 2.24) is 15.0 Å². The van der Waals surface area contributed by atoms with Crippen LogP contribution in [0.2, 0.25) is 0 Å². The van der Waals surface area contributed by atoms with E-state index in [1.165, 1.54) is 19.2 Å². The van der Waals surface area contributed by atoms with Gasteiger partial charge in [0.1, 0.15) is 5.82 Å². The van der Waals surface area contributed by atoms with Gasteiger partial charge in [-0.15, -0.1) is 0 Å². The minimum absolute atomic E-state index is 0.278. The van der Waals surface area contributed by atoms with Crippen LogP contribution in [0.4, 0.5) is 4.39 Å². The summed E-state index contributed by atoms with van der Waals surface area (Å²) in [4.78, 5) is 12.7. The minimum atomic E-state index is -0.278. The molecule has 0 atom stereocenters. The zero-order valence-electron chi connectivity index (χ0n) is 11.3. The highest BCUT2D eigenvalue weighted by atomic mass is 19.1. The van der Waals surface area contributed by atoms with E-state index in [9.17, 15) is 4.39 Å². The molecule has 0 unspecified atom stereocenters. The quantitative estimate of drug-likeness (QED) is 0.738. The molecule has 104 valence electrons. The predicted octanol–water partition coefficient (Wildman–Crippen LogP) is 3.35. The van der Waals surface area contributed by atoms with E-state index in [0.717, 1.165) is 16.8 Å². The fourth-order valence-electron chi connectivity index (χ4n) is 2.04. The molecule has 3 aromatic rings. The number of hydrogen-bond acceptors (Lipinski definition) is 4. The Kier molecular flexibility index (Phi) is 3.55. The normalized spacial score (nSPS) is 10.4. The van der Waals surface area contributed by atoms with Gasteiger partial charge in [0.2, 0.25) is 0 Å². The first kappa shape index (κ1) is 13.2. The number of benzene rings is 1. The second-order valence-electron chi connectivity index (χ2n) is 4.34. The molecule has 5 heteroatoms. The summed E-state index contributed by atoms with van der Waals surface area (Å²) in [5.41, 5.74) is 3.10. The van der Waals surface area contributed by atoms with Gasteiger partial charge in [0, 0.05) is 23.5 Å². The molecule has 0 fully saturated rings. The Balaban J connectivity index is 2.13. The van der Waals surface area contributed by atoms with Crippen molar-refractivity contribution in [1.29, 1.82) is 0 Å². The summed E-state index contributed by atoms with van der Waals surface area (Å²) in [6, 6.07) is 12.0. The van der Waals surface area contributed by atoms with Crippen molar-refractivity contribution in [2.24, 2.45) is 0 Å². The number of ether oxygens (including phenoxy) is 1. The van der Waals surface area contributed by atoms with Gasteiger partial charge >= 0.3 is 6.01 Å². The fourth-order valence-corrected chi connectivity index (χ4v) is 2.04. The van der Waals surface area contributed by atoms with Crippen LogP contribution in [-0.4, -0.2) is 22.1 Å². The molecule has 0 spiro atoms. The fraction of sp³-hybridized carbons (Fsp3) is 0.0625. The highest BCUT2D eigenvalue weighted by molar-refractivity contribution is 5.78. The smallest absolute Gasteiger partial charge is 0.316 e. The maximum atomic E-state index is 13.1. The summed E-state index contributed by atoms with van der Waals surface area (Å²) in [7, 11) is 1.52. The average molecular weight is 281 g/mol. The molecule has 0 aliphatic rings. The average Bonchev–Trinajstić information content (AvgIpc) is 2.56. The van der Waals surface area contributed by atoms with Crippen LogP contribution in [0.25, 0.3) is 22.5 Å². The molecule has 2 aromatic heterocycles. The van der Waals surface area contributed by atoms with Crippen LogP contribution < -0.4 is 4.74 Å². The van der Waals surface area contributed by atoms with Crippen LogP contribution in [0.3, 0.4) is 0 Å². The molecule has 0 saturated carbocycles. The van der Waals surface area contributed by atoms with Crippen molar-refractivity contribution in [2.75, 3.05) is 7.11 Å². The Bertz CT molecular complexity index is 759. The van der Waals surface area contributed by atoms with Crippen LogP contribution >= 0.6 is 0 Å². The van der Waals surface area contributed by atoms with E-state index < -0.39 is 0 Å². The molecule has 0 radical (unpaired) electrons. The summed E-state index contributed by atoms with van der Waals surface area (Å²) in [6.07, 6.45) is 3.32. The Morgan fingerprint density at radius 3 is 2.52 bits per heavy atom. The van der Waals surface area contributed by atoms with E-state index in [2.05, 4.69) is 15.0 Å². The summed E-state index contributed by atoms with van der Waals surface area (Å²) < 4.78 is 18.1. The monoisotopic (exact) mass is 281 g/mol. The third-order valence-corrected chi connectivity index (χ3v) is 3.02. The van der Waals surface area contributed by atoms with Crippen LogP contribution in [-0.2, 0) is 0 Å². The number of pyridine rings is 1. The van der Waals surface area contributed by atoms with Crippen LogP contribution in [0.5, 0.6) is 6.01 Å². The van der Waals surface area contributed by atoms with Gasteiger partial charge in [-0.25, -0.2) is 9.37 Å². The Morgan fingerprint density at radius 1 is 0.952 bits per heavy atom. The van der Waals surface area contributed by atoms with Crippen LogP contribution in [0.15, 0.2) is 54.9 Å². The van der Waals surface area contributed by atoms with E-state index >= 15 is 0 Å². The second-order valence-corrected chi connectivity index (χ2v) is 4.34. The van der Waals surface area contributed by atoms with E-state index in [-0.39, 0.29) is 5.82 Å². The molecule has 1 aromatic carbocycles. The van der Waals surface area contributed by atoms with Crippen molar-refractivity contribution in [3.8, 4) is 28.5 Å². The molecule has 21 heavy (non-hydrogen) atoms. The van der Waals surface area contributed by atoms with Crippen molar-refractivity contribution < 1.29 is 9.13 Å². The zero-order valence-corrected chi connectivity index (χ0v) is 11.3. The van der Waals surface area contributed by atoms with Gasteiger partial charge in [0.15, 0.2) is 0 Å². The topological polar surface area (TPSA) is 47.9 Å². The van der Waals surface area contributed by atoms with Crippen molar-refractivity contribution >= 4 is 0 Å². The van der Waals surface area contributed by atoms with Crippen molar-refractivity contribution in [3.05, 3.63) is 60.7 Å². The number of rotatable bonds is 3. The Labute approximate surface area is 121 Å². The molecule has 2 heterocycles. The number of aromatic nitrogens is 3. The van der Waals surface area contributed by atoms with Crippen LogP contribution in [0.1, 0.15) is 0 Å². The van der Waals surface area contributed by atoms with E-state index in [0.29, 0.717) is 11.7 Å². The van der Waals surface area contributed by atoms with Crippen molar-refractivity contribution in [3.63, 3.8) is 0 Å². The van der Waals surface area contributed by atoms with Crippen LogP contribution in [0, 0.1) is 5.82 Å². The standard InChI is InChI=1S/C16H12FN3O/c1-21-16-19-10-8-14(20-16)13-3-2-9-18-15(13)11-4-6-12(17)7-5-11/h2-10H,1H3. The first-order valence-corrected chi connectivity index (χ1v) is 6.36. The molecule has 4 nitrogen and oxygen atoms in total. The molecule has 0 saturated heterocycles. The molecule has 3 rings (SSSR count). The van der Waals surface area contributed by atoms with Gasteiger partial charge in [-0.3, -0.25) is 4.98 Å². The lowest BCUT2D eigenvalue weighted by molar-refractivity contribution is 0.380. The van der Waals surface area contributed by atoms with E-state index in [1.54, 1.807) is 30.6 Å². The SMILES string of the molecule is COc1nccc(-c2cccnc2-c2ccc(F)cc2)n1. The molecular formula is C16H12FN3O. The lowest BCUT2D eigenvalue weighted by atomic mass is 10.0. The lowest BCUT2D eigenvalue weighted by Crippen LogP contribution is -1.95. The molecule has 0 N–H and O–H groups in total. The summed E-state index contributed by atoms with van der Waals surface area (Å²) in [6.45, 7) is 0. The Morgan fingerprint density at radius 2 is 1.76 bits per heavy atom. The van der Waals surface area contributed by atoms with E-state index in [4.69, 9.17) is 4.74 Å². The summed E-state index contributed by atoms with van der Waals surface area (Å²) in [5, 5.41) is 0. The predicted molar refractivity (Wildman–Crippen MR) is 77.2 cm³/mol. The second kappa shape index (κ2) is 5.66. The van der Waals surface area contributed by atoms with Crippen molar-refractivity contribution in [2.45, 2.75) is 0 Å². The minimum Gasteiger partial charge on any atom is -0.467 e. The Hall–Kier alpha value is -2.82. The number of halogens is 1. The van der Waals surface area contributed by atoms with E-state index in [1.807, 2.05) is 12.1 Å². The molecule has 0 aliphatic heterocycles. The summed E-state index contributed by atoms with van der Waals surface area (Å²) >= 11 is 0. The van der Waals surface area contributed by atoms with Gasteiger partial charge in [-0.1, -0.05) is 0 Å². The number of nitrogens with zero attached hydrogens (tertiary/aromatic N) is 3. The number of methoxy groups -OCH3 is 1. The van der Waals surface area contributed by atoms with Gasteiger partial charge in [0.25, 0.3) is 0 Å². The van der Waals surface area contributed by atoms with Gasteiger partial charge < -0.3 is 4.74 Å².